The van der Waals surface area contributed by atoms with Crippen molar-refractivity contribution < 1.29 is 4.79 Å². The fourth-order valence-corrected chi connectivity index (χ4v) is 4.45. The van der Waals surface area contributed by atoms with E-state index in [2.05, 4.69) is 32.9 Å². The number of rotatable bonds is 4. The second kappa shape index (κ2) is 6.41. The Balaban J connectivity index is 1.33. The number of aromatic nitrogens is 3. The van der Waals surface area contributed by atoms with Crippen molar-refractivity contribution in [3.63, 3.8) is 0 Å². The molecule has 6 nitrogen and oxygen atoms in total. The van der Waals surface area contributed by atoms with E-state index in [-0.39, 0.29) is 11.9 Å². The standard InChI is InChI=1S/C16H21N5OS/c22-16(20-7-1-3-13(20)14-4-2-8-23-14)9-17-12-5-6-15-18-11-19-21(15)10-12/h2,4,8,11-13,17H,1,3,5-7,9-10H2/t12-,13+/m1/s1. The third kappa shape index (κ3) is 3.03. The van der Waals surface area contributed by atoms with E-state index in [9.17, 15) is 4.79 Å². The maximum Gasteiger partial charge on any atom is 0.237 e. The Morgan fingerprint density at radius 2 is 2.39 bits per heavy atom. The van der Waals surface area contributed by atoms with Crippen LogP contribution in [0.4, 0.5) is 0 Å². The molecule has 1 N–H and O–H groups in total. The van der Waals surface area contributed by atoms with Crippen LogP contribution >= 0.6 is 11.3 Å². The first-order valence-corrected chi connectivity index (χ1v) is 9.12. The van der Waals surface area contributed by atoms with Gasteiger partial charge in [-0.3, -0.25) is 4.79 Å². The van der Waals surface area contributed by atoms with Gasteiger partial charge in [-0.1, -0.05) is 6.07 Å². The number of thiophene rings is 1. The first-order valence-electron chi connectivity index (χ1n) is 8.24. The van der Waals surface area contributed by atoms with Crippen molar-refractivity contribution in [2.45, 2.75) is 44.3 Å². The van der Waals surface area contributed by atoms with Crippen LogP contribution in [0, 0.1) is 0 Å². The van der Waals surface area contributed by atoms with E-state index in [0.29, 0.717) is 12.6 Å². The molecule has 4 heterocycles. The molecule has 4 rings (SSSR count). The van der Waals surface area contributed by atoms with Crippen LogP contribution in [0.25, 0.3) is 0 Å². The molecule has 2 aromatic heterocycles. The number of hydrogen-bond acceptors (Lipinski definition) is 5. The molecule has 1 saturated heterocycles. The lowest BCUT2D eigenvalue weighted by Crippen LogP contribution is -2.44. The van der Waals surface area contributed by atoms with Crippen molar-refractivity contribution >= 4 is 17.2 Å². The average Bonchev–Trinajstić information content (AvgIpc) is 3.32. The maximum atomic E-state index is 12.6. The van der Waals surface area contributed by atoms with Gasteiger partial charge in [0.05, 0.1) is 19.1 Å². The molecular formula is C16H21N5OS. The van der Waals surface area contributed by atoms with Gasteiger partial charge in [0.15, 0.2) is 0 Å². The van der Waals surface area contributed by atoms with Gasteiger partial charge in [0.2, 0.25) is 5.91 Å². The summed E-state index contributed by atoms with van der Waals surface area (Å²) in [6.45, 7) is 2.09. The number of amides is 1. The molecule has 0 radical (unpaired) electrons. The van der Waals surface area contributed by atoms with Gasteiger partial charge in [-0.05, 0) is 30.7 Å². The van der Waals surface area contributed by atoms with E-state index in [0.717, 1.165) is 44.6 Å². The zero-order valence-corrected chi connectivity index (χ0v) is 13.8. The topological polar surface area (TPSA) is 63.1 Å². The van der Waals surface area contributed by atoms with Gasteiger partial charge >= 0.3 is 0 Å². The summed E-state index contributed by atoms with van der Waals surface area (Å²) in [5.41, 5.74) is 0. The Morgan fingerprint density at radius 1 is 1.43 bits per heavy atom. The van der Waals surface area contributed by atoms with E-state index in [1.54, 1.807) is 17.7 Å². The smallest absolute Gasteiger partial charge is 0.237 e. The number of carbonyl (C=O) groups excluding carboxylic acids is 1. The Kier molecular flexibility index (Phi) is 4.13. The zero-order valence-electron chi connectivity index (χ0n) is 13.0. The van der Waals surface area contributed by atoms with Crippen molar-refractivity contribution in [3.05, 3.63) is 34.5 Å². The first-order chi connectivity index (χ1) is 11.3. The molecule has 122 valence electrons. The van der Waals surface area contributed by atoms with Gasteiger partial charge in [0, 0.05) is 23.9 Å². The summed E-state index contributed by atoms with van der Waals surface area (Å²) < 4.78 is 1.94. The van der Waals surface area contributed by atoms with Gasteiger partial charge in [-0.2, -0.15) is 5.10 Å². The molecule has 2 aliphatic rings. The number of nitrogens with one attached hydrogen (secondary N) is 1. The van der Waals surface area contributed by atoms with Crippen molar-refractivity contribution in [1.82, 2.24) is 25.0 Å². The minimum atomic E-state index is 0.213. The monoisotopic (exact) mass is 331 g/mol. The lowest BCUT2D eigenvalue weighted by atomic mass is 10.1. The van der Waals surface area contributed by atoms with Gasteiger partial charge in [0.1, 0.15) is 12.2 Å². The molecule has 0 bridgehead atoms. The highest BCUT2D eigenvalue weighted by Gasteiger charge is 2.30. The third-order valence-electron chi connectivity index (χ3n) is 4.79. The molecular weight excluding hydrogens is 310 g/mol. The Labute approximate surface area is 139 Å². The van der Waals surface area contributed by atoms with E-state index < -0.39 is 0 Å². The maximum absolute atomic E-state index is 12.6. The average molecular weight is 331 g/mol. The first kappa shape index (κ1) is 14.8. The number of likely N-dealkylation sites (tertiary alicyclic amines) is 1. The largest absolute Gasteiger partial charge is 0.334 e. The minimum Gasteiger partial charge on any atom is -0.334 e. The van der Waals surface area contributed by atoms with Gasteiger partial charge in [0.25, 0.3) is 0 Å². The number of aryl methyl sites for hydroxylation is 1. The lowest BCUT2D eigenvalue weighted by Gasteiger charge is -2.27. The molecule has 0 unspecified atom stereocenters. The molecule has 2 aliphatic heterocycles. The highest BCUT2D eigenvalue weighted by Crippen LogP contribution is 2.34. The predicted molar refractivity (Wildman–Crippen MR) is 88.1 cm³/mol. The van der Waals surface area contributed by atoms with Crippen LogP contribution in [0.2, 0.25) is 0 Å². The molecule has 0 aromatic carbocycles. The van der Waals surface area contributed by atoms with Crippen LogP contribution < -0.4 is 5.32 Å². The van der Waals surface area contributed by atoms with E-state index in [4.69, 9.17) is 0 Å². The highest BCUT2D eigenvalue weighted by atomic mass is 32.1. The lowest BCUT2D eigenvalue weighted by molar-refractivity contribution is -0.131. The molecule has 2 aromatic rings. The third-order valence-corrected chi connectivity index (χ3v) is 5.77. The van der Waals surface area contributed by atoms with Crippen LogP contribution in [-0.2, 0) is 17.8 Å². The van der Waals surface area contributed by atoms with Gasteiger partial charge in [-0.15, -0.1) is 11.3 Å². The molecule has 0 saturated carbocycles. The fourth-order valence-electron chi connectivity index (χ4n) is 3.58. The number of hydrogen-bond donors (Lipinski definition) is 1. The van der Waals surface area contributed by atoms with E-state index in [1.165, 1.54) is 4.88 Å². The number of nitrogens with zero attached hydrogens (tertiary/aromatic N) is 4. The van der Waals surface area contributed by atoms with Crippen molar-refractivity contribution in [2.75, 3.05) is 13.1 Å². The molecule has 0 aliphatic carbocycles. The Bertz CT molecular complexity index is 668. The summed E-state index contributed by atoms with van der Waals surface area (Å²) in [5, 5.41) is 9.74. The number of fused-ring (bicyclic) bond motifs is 1. The molecule has 1 amide bonds. The minimum absolute atomic E-state index is 0.213. The summed E-state index contributed by atoms with van der Waals surface area (Å²) in [6.07, 6.45) is 5.73. The quantitative estimate of drug-likeness (QED) is 0.924. The van der Waals surface area contributed by atoms with Crippen molar-refractivity contribution in [3.8, 4) is 0 Å². The fraction of sp³-hybridized carbons (Fsp3) is 0.562. The Hall–Kier alpha value is -1.73. The summed E-state index contributed by atoms with van der Waals surface area (Å²) in [4.78, 5) is 20.2. The SMILES string of the molecule is O=C(CN[C@@H]1CCc2ncnn2C1)N1CCC[C@H]1c1cccs1. The van der Waals surface area contributed by atoms with E-state index in [1.807, 2.05) is 9.58 Å². The van der Waals surface area contributed by atoms with Crippen LogP contribution in [-0.4, -0.2) is 44.7 Å². The zero-order chi connectivity index (χ0) is 15.6. The Morgan fingerprint density at radius 3 is 3.26 bits per heavy atom. The van der Waals surface area contributed by atoms with Crippen LogP contribution in [0.15, 0.2) is 23.8 Å². The second-order valence-electron chi connectivity index (χ2n) is 6.24. The predicted octanol–water partition coefficient (Wildman–Crippen LogP) is 1.61. The summed E-state index contributed by atoms with van der Waals surface area (Å²) in [7, 11) is 0. The van der Waals surface area contributed by atoms with E-state index >= 15 is 0 Å². The van der Waals surface area contributed by atoms with Crippen LogP contribution in [0.1, 0.15) is 36.0 Å². The normalized spacial score (nSPS) is 23.9. The second-order valence-corrected chi connectivity index (χ2v) is 7.21. The molecule has 1 fully saturated rings. The van der Waals surface area contributed by atoms with Gasteiger partial charge < -0.3 is 10.2 Å². The molecule has 7 heteroatoms. The van der Waals surface area contributed by atoms with Crippen molar-refractivity contribution in [2.24, 2.45) is 0 Å². The molecule has 0 spiro atoms. The molecule has 2 atom stereocenters. The summed E-state index contributed by atoms with van der Waals surface area (Å²) >= 11 is 1.75. The van der Waals surface area contributed by atoms with Crippen LogP contribution in [0.5, 0.6) is 0 Å². The highest BCUT2D eigenvalue weighted by molar-refractivity contribution is 7.10. The number of carbonyl (C=O) groups is 1. The van der Waals surface area contributed by atoms with Crippen LogP contribution in [0.3, 0.4) is 0 Å². The molecule has 23 heavy (non-hydrogen) atoms. The summed E-state index contributed by atoms with van der Waals surface area (Å²) in [6, 6.07) is 4.78. The van der Waals surface area contributed by atoms with Crippen molar-refractivity contribution in [1.29, 1.82) is 0 Å². The van der Waals surface area contributed by atoms with Gasteiger partial charge in [-0.25, -0.2) is 9.67 Å². The summed E-state index contributed by atoms with van der Waals surface area (Å²) in [5.74, 6) is 1.26.